The second-order valence-corrected chi connectivity index (χ2v) is 6.70. The van der Waals surface area contributed by atoms with Crippen molar-refractivity contribution in [1.82, 2.24) is 10.2 Å². The average Bonchev–Trinajstić information content (AvgIpc) is 2.72. The Morgan fingerprint density at radius 3 is 2.64 bits per heavy atom. The van der Waals surface area contributed by atoms with Crippen LogP contribution in [0.15, 0.2) is 47.1 Å². The van der Waals surface area contributed by atoms with E-state index >= 15 is 0 Å². The number of nitrogens with one attached hydrogen (secondary N) is 2. The molecule has 7 nitrogen and oxygen atoms in total. The summed E-state index contributed by atoms with van der Waals surface area (Å²) in [5.74, 6) is 0.676. The van der Waals surface area contributed by atoms with Crippen molar-refractivity contribution in [2.24, 2.45) is 4.99 Å². The van der Waals surface area contributed by atoms with E-state index in [0.717, 1.165) is 18.8 Å². The minimum Gasteiger partial charge on any atom is -0.495 e. The van der Waals surface area contributed by atoms with Gasteiger partial charge in [0.05, 0.1) is 18.7 Å². The maximum Gasteiger partial charge on any atom is 0.241 e. The number of nitrogens with zero attached hydrogens (tertiary/aromatic N) is 3. The summed E-state index contributed by atoms with van der Waals surface area (Å²) in [5, 5.41) is 11.4. The van der Waals surface area contributed by atoms with Gasteiger partial charge in [0.2, 0.25) is 5.91 Å². The van der Waals surface area contributed by atoms with Gasteiger partial charge < -0.3 is 19.9 Å². The Bertz CT molecular complexity index is 798. The highest BCUT2D eigenvalue weighted by atomic mass is 35.5. The van der Waals surface area contributed by atoms with Crippen molar-refractivity contribution >= 4 is 35.7 Å². The number of amidine groups is 1. The van der Waals surface area contributed by atoms with Gasteiger partial charge in [0.1, 0.15) is 5.75 Å². The smallest absolute Gasteiger partial charge is 0.241 e. The zero-order valence-electron chi connectivity index (χ0n) is 16.3. The second-order valence-electron chi connectivity index (χ2n) is 6.29. The van der Waals surface area contributed by atoms with Crippen molar-refractivity contribution < 1.29 is 9.53 Å². The number of allylic oxidation sites excluding steroid dienone is 1. The van der Waals surface area contributed by atoms with E-state index in [9.17, 15) is 4.79 Å². The first-order valence-electron chi connectivity index (χ1n) is 8.90. The molecule has 0 saturated carbocycles. The highest BCUT2D eigenvalue weighted by Gasteiger charge is 2.22. The molecule has 1 aliphatic rings. The number of aliphatic imine (C=N–C) groups is 1. The molecular formula is C20H26ClN5O2. The van der Waals surface area contributed by atoms with E-state index in [1.807, 2.05) is 23.1 Å². The molecule has 0 unspecified atom stereocenters. The van der Waals surface area contributed by atoms with E-state index in [1.165, 1.54) is 6.08 Å². The number of anilines is 1. The van der Waals surface area contributed by atoms with Crippen molar-refractivity contribution in [2.45, 2.75) is 6.92 Å². The van der Waals surface area contributed by atoms with Crippen LogP contribution >= 0.6 is 11.6 Å². The molecule has 1 aromatic carbocycles. The lowest BCUT2D eigenvalue weighted by molar-refractivity contribution is -0.130. The molecule has 8 heteroatoms. The van der Waals surface area contributed by atoms with E-state index in [1.54, 1.807) is 14.0 Å². The monoisotopic (exact) mass is 403 g/mol. The van der Waals surface area contributed by atoms with Crippen molar-refractivity contribution in [3.8, 4) is 5.75 Å². The first kappa shape index (κ1) is 21.5. The number of piperazine rings is 1. The Kier molecular flexibility index (Phi) is 7.63. The Labute approximate surface area is 170 Å². The number of methoxy groups -OCH3 is 1. The Hall–Kier alpha value is -2.80. The molecule has 28 heavy (non-hydrogen) atoms. The van der Waals surface area contributed by atoms with Crippen LogP contribution < -0.4 is 15.0 Å². The number of halogens is 1. The van der Waals surface area contributed by atoms with Crippen LogP contribution in [-0.4, -0.2) is 63.2 Å². The Balaban J connectivity index is 1.91. The molecular weight excluding hydrogens is 378 g/mol. The topological polar surface area (TPSA) is 81.0 Å². The molecule has 0 aromatic heterocycles. The normalized spacial score (nSPS) is 14.8. The van der Waals surface area contributed by atoms with Crippen molar-refractivity contribution in [3.05, 3.63) is 47.1 Å². The summed E-state index contributed by atoms with van der Waals surface area (Å²) >= 11 is 6.09. The summed E-state index contributed by atoms with van der Waals surface area (Å²) in [5.41, 5.74) is 2.23. The highest BCUT2D eigenvalue weighted by molar-refractivity contribution is 6.32. The average molecular weight is 404 g/mol. The van der Waals surface area contributed by atoms with Crippen molar-refractivity contribution in [2.75, 3.05) is 44.7 Å². The molecule has 1 saturated heterocycles. The molecule has 0 spiro atoms. The molecule has 2 rings (SSSR count). The lowest BCUT2D eigenvalue weighted by Crippen LogP contribution is -2.50. The van der Waals surface area contributed by atoms with E-state index in [2.05, 4.69) is 28.5 Å². The first-order chi connectivity index (χ1) is 13.4. The SMILES string of the molecule is C=C/C(C(=N)N=C)=C(\C)NCC(=O)N1CCN(c2ccc(Cl)c(OC)c2)CC1. The van der Waals surface area contributed by atoms with Gasteiger partial charge in [-0.2, -0.15) is 0 Å². The summed E-state index contributed by atoms with van der Waals surface area (Å²) in [7, 11) is 1.59. The minimum absolute atomic E-state index is 0.00851. The van der Waals surface area contributed by atoms with Gasteiger partial charge in [-0.25, -0.2) is 4.99 Å². The zero-order valence-corrected chi connectivity index (χ0v) is 17.1. The number of rotatable bonds is 7. The van der Waals surface area contributed by atoms with Crippen molar-refractivity contribution in [1.29, 1.82) is 5.41 Å². The van der Waals surface area contributed by atoms with Crippen LogP contribution in [0.2, 0.25) is 5.02 Å². The molecule has 1 aromatic rings. The van der Waals surface area contributed by atoms with Crippen LogP contribution in [0.3, 0.4) is 0 Å². The number of benzene rings is 1. The van der Waals surface area contributed by atoms with E-state index in [0.29, 0.717) is 35.1 Å². The summed E-state index contributed by atoms with van der Waals surface area (Å²) < 4.78 is 5.28. The van der Waals surface area contributed by atoms with Crippen LogP contribution in [0.25, 0.3) is 0 Å². The van der Waals surface area contributed by atoms with Gasteiger partial charge in [-0.05, 0) is 25.8 Å². The number of amides is 1. The fraction of sp³-hybridized carbons (Fsp3) is 0.350. The molecule has 1 heterocycles. The van der Waals surface area contributed by atoms with Crippen LogP contribution in [0.4, 0.5) is 5.69 Å². The van der Waals surface area contributed by atoms with Gasteiger partial charge in [-0.3, -0.25) is 10.2 Å². The summed E-state index contributed by atoms with van der Waals surface area (Å²) in [6, 6.07) is 5.69. The Morgan fingerprint density at radius 2 is 2.07 bits per heavy atom. The van der Waals surface area contributed by atoms with Crippen LogP contribution in [-0.2, 0) is 4.79 Å². The number of carbonyl (C=O) groups is 1. The first-order valence-corrected chi connectivity index (χ1v) is 9.28. The zero-order chi connectivity index (χ0) is 20.7. The van der Waals surface area contributed by atoms with Gasteiger partial charge in [0, 0.05) is 49.2 Å². The molecule has 0 atom stereocenters. The largest absolute Gasteiger partial charge is 0.495 e. The minimum atomic E-state index is 0.00851. The maximum atomic E-state index is 12.5. The Morgan fingerprint density at radius 1 is 1.39 bits per heavy atom. The fourth-order valence-electron chi connectivity index (χ4n) is 2.99. The third-order valence-electron chi connectivity index (χ3n) is 4.66. The highest BCUT2D eigenvalue weighted by Crippen LogP contribution is 2.29. The molecule has 1 aliphatic heterocycles. The summed E-state index contributed by atoms with van der Waals surface area (Å²) in [6.07, 6.45) is 1.53. The van der Waals surface area contributed by atoms with E-state index in [4.69, 9.17) is 21.7 Å². The van der Waals surface area contributed by atoms with Gasteiger partial charge in [0.15, 0.2) is 5.84 Å². The van der Waals surface area contributed by atoms with Crippen molar-refractivity contribution in [3.63, 3.8) is 0 Å². The molecule has 0 radical (unpaired) electrons. The third kappa shape index (κ3) is 5.13. The van der Waals surface area contributed by atoms with E-state index < -0.39 is 0 Å². The molecule has 1 amide bonds. The third-order valence-corrected chi connectivity index (χ3v) is 4.97. The lowest BCUT2D eigenvalue weighted by Gasteiger charge is -2.36. The predicted molar refractivity (Wildman–Crippen MR) is 115 cm³/mol. The number of ether oxygens (including phenoxy) is 1. The standard InChI is InChI=1S/C20H26ClN5O2/c1-5-16(20(22)23-3)14(2)24-13-19(27)26-10-8-25(9-11-26)15-6-7-17(21)18(12-15)28-4/h5-7,12,22,24H,1,3,8-11,13H2,2,4H3/b16-14-,22-20?. The molecule has 0 bridgehead atoms. The summed E-state index contributed by atoms with van der Waals surface area (Å²) in [6.45, 7) is 11.7. The molecule has 2 N–H and O–H groups in total. The van der Waals surface area contributed by atoms with Crippen LogP contribution in [0, 0.1) is 5.41 Å². The fourth-order valence-corrected chi connectivity index (χ4v) is 3.18. The van der Waals surface area contributed by atoms with Crippen LogP contribution in [0.1, 0.15) is 6.92 Å². The van der Waals surface area contributed by atoms with E-state index in [-0.39, 0.29) is 18.3 Å². The predicted octanol–water partition coefficient (Wildman–Crippen LogP) is 2.72. The van der Waals surface area contributed by atoms with Gasteiger partial charge in [-0.1, -0.05) is 24.3 Å². The second kappa shape index (κ2) is 9.94. The van der Waals surface area contributed by atoms with Crippen LogP contribution in [0.5, 0.6) is 5.75 Å². The van der Waals surface area contributed by atoms with Gasteiger partial charge in [0.25, 0.3) is 0 Å². The summed E-state index contributed by atoms with van der Waals surface area (Å²) in [4.78, 5) is 20.1. The number of hydrogen-bond donors (Lipinski definition) is 2. The molecule has 1 fully saturated rings. The number of carbonyl (C=O) groups excluding carboxylic acids is 1. The maximum absolute atomic E-state index is 12.5. The molecule has 0 aliphatic carbocycles. The number of hydrogen-bond acceptors (Lipinski definition) is 5. The quantitative estimate of drug-likeness (QED) is 0.416. The molecule has 150 valence electrons. The van der Waals surface area contributed by atoms with Gasteiger partial charge >= 0.3 is 0 Å². The lowest BCUT2D eigenvalue weighted by atomic mass is 10.2. The van der Waals surface area contributed by atoms with Gasteiger partial charge in [-0.15, -0.1) is 0 Å².